The minimum Gasteiger partial charge on any atom is -0.495 e. The summed E-state index contributed by atoms with van der Waals surface area (Å²) in [5.41, 5.74) is 1.26. The number of ether oxygens (including phenoxy) is 1. The Morgan fingerprint density at radius 2 is 1.78 bits per heavy atom. The van der Waals surface area contributed by atoms with E-state index < -0.39 is 16.7 Å². The summed E-state index contributed by atoms with van der Waals surface area (Å²) in [6, 6.07) is 13.0. The fourth-order valence-electron chi connectivity index (χ4n) is 2.94. The van der Waals surface area contributed by atoms with Crippen molar-refractivity contribution in [1.29, 1.82) is 0 Å². The van der Waals surface area contributed by atoms with Gasteiger partial charge in [0.15, 0.2) is 0 Å². The number of non-ortho nitro benzene ring substituents is 1. The van der Waals surface area contributed by atoms with E-state index in [1.165, 1.54) is 60.2 Å². The predicted octanol–water partition coefficient (Wildman–Crippen LogP) is 2.96. The number of hydrogen-bond donors (Lipinski definition) is 2. The molecule has 0 bridgehead atoms. The van der Waals surface area contributed by atoms with Crippen LogP contribution in [-0.4, -0.2) is 28.4 Å². The van der Waals surface area contributed by atoms with Crippen molar-refractivity contribution in [2.45, 2.75) is 13.5 Å². The van der Waals surface area contributed by atoms with Crippen molar-refractivity contribution in [3.05, 3.63) is 92.4 Å². The molecule has 0 unspecified atom stereocenters. The Kier molecular flexibility index (Phi) is 6.64. The Balaban J connectivity index is 1.67. The lowest BCUT2D eigenvalue weighted by molar-refractivity contribution is -0.384. The first kappa shape index (κ1) is 22.2. The van der Waals surface area contributed by atoms with E-state index in [4.69, 9.17) is 4.74 Å². The van der Waals surface area contributed by atoms with Gasteiger partial charge in [-0.15, -0.1) is 0 Å². The Labute approximate surface area is 182 Å². The molecule has 1 aromatic heterocycles. The second kappa shape index (κ2) is 9.56. The first-order chi connectivity index (χ1) is 15.3. The van der Waals surface area contributed by atoms with Crippen LogP contribution in [0.5, 0.6) is 5.75 Å². The lowest BCUT2D eigenvalue weighted by Gasteiger charge is -2.11. The zero-order chi connectivity index (χ0) is 23.3. The van der Waals surface area contributed by atoms with Crippen LogP contribution in [-0.2, 0) is 11.3 Å². The number of nitrogens with one attached hydrogen (secondary N) is 2. The maximum absolute atomic E-state index is 12.5. The SMILES string of the molecule is COc1ccc([N+](=O)[O-])cc1NC(=O)c1ccc(NC(=O)Cn2cc(C)ccc2=O)cc1. The Bertz CT molecular complexity index is 1230. The number of methoxy groups -OCH3 is 1. The molecule has 0 aliphatic carbocycles. The molecule has 3 aromatic rings. The van der Waals surface area contributed by atoms with Crippen LogP contribution in [0.4, 0.5) is 17.1 Å². The molecule has 0 radical (unpaired) electrons. The van der Waals surface area contributed by atoms with E-state index in [1.54, 1.807) is 12.3 Å². The topological polar surface area (TPSA) is 133 Å². The zero-order valence-corrected chi connectivity index (χ0v) is 17.3. The molecular weight excluding hydrogens is 416 g/mol. The highest BCUT2D eigenvalue weighted by Crippen LogP contribution is 2.29. The van der Waals surface area contributed by atoms with Gasteiger partial charge in [-0.25, -0.2) is 0 Å². The van der Waals surface area contributed by atoms with E-state index in [2.05, 4.69) is 10.6 Å². The molecular formula is C22H20N4O6. The third-order valence-electron chi connectivity index (χ3n) is 4.52. The number of aryl methyl sites for hydroxylation is 1. The molecule has 2 aromatic carbocycles. The summed E-state index contributed by atoms with van der Waals surface area (Å²) < 4.78 is 6.44. The van der Waals surface area contributed by atoms with E-state index in [9.17, 15) is 24.5 Å². The number of nitro groups is 1. The number of rotatable bonds is 7. The van der Waals surface area contributed by atoms with Crippen LogP contribution in [0.25, 0.3) is 0 Å². The Morgan fingerprint density at radius 1 is 1.06 bits per heavy atom. The summed E-state index contributed by atoms with van der Waals surface area (Å²) in [5.74, 6) is -0.622. The molecule has 0 aliphatic heterocycles. The summed E-state index contributed by atoms with van der Waals surface area (Å²) in [6.07, 6.45) is 1.59. The highest BCUT2D eigenvalue weighted by molar-refractivity contribution is 6.05. The van der Waals surface area contributed by atoms with Crippen LogP contribution in [0.3, 0.4) is 0 Å². The van der Waals surface area contributed by atoms with E-state index >= 15 is 0 Å². The molecule has 0 saturated carbocycles. The normalized spacial score (nSPS) is 10.3. The van der Waals surface area contributed by atoms with E-state index in [0.29, 0.717) is 5.69 Å². The number of anilines is 2. The molecule has 0 aliphatic rings. The lowest BCUT2D eigenvalue weighted by atomic mass is 10.1. The number of aromatic nitrogens is 1. The van der Waals surface area contributed by atoms with Crippen molar-refractivity contribution in [3.8, 4) is 5.75 Å². The Morgan fingerprint density at radius 3 is 2.44 bits per heavy atom. The molecule has 32 heavy (non-hydrogen) atoms. The molecule has 10 heteroatoms. The first-order valence-corrected chi connectivity index (χ1v) is 9.47. The van der Waals surface area contributed by atoms with Gasteiger partial charge < -0.3 is 19.9 Å². The number of benzene rings is 2. The molecule has 0 spiro atoms. The van der Waals surface area contributed by atoms with E-state index in [1.807, 2.05) is 6.92 Å². The van der Waals surface area contributed by atoms with Crippen LogP contribution in [0.1, 0.15) is 15.9 Å². The maximum Gasteiger partial charge on any atom is 0.271 e. The molecule has 2 amide bonds. The third kappa shape index (κ3) is 5.36. The number of pyridine rings is 1. The molecule has 0 fully saturated rings. The maximum atomic E-state index is 12.5. The van der Waals surface area contributed by atoms with Crippen LogP contribution in [0.2, 0.25) is 0 Å². The summed E-state index contributed by atoms with van der Waals surface area (Å²) in [7, 11) is 1.39. The van der Waals surface area contributed by atoms with Gasteiger partial charge in [-0.3, -0.25) is 24.5 Å². The van der Waals surface area contributed by atoms with Crippen LogP contribution in [0.15, 0.2) is 65.6 Å². The van der Waals surface area contributed by atoms with Gasteiger partial charge >= 0.3 is 0 Å². The second-order valence-electron chi connectivity index (χ2n) is 6.89. The van der Waals surface area contributed by atoms with E-state index in [-0.39, 0.29) is 34.8 Å². The van der Waals surface area contributed by atoms with Crippen molar-refractivity contribution >= 4 is 28.9 Å². The molecule has 164 valence electrons. The quantitative estimate of drug-likeness (QED) is 0.432. The van der Waals surface area contributed by atoms with Gasteiger partial charge in [0.05, 0.1) is 17.7 Å². The largest absolute Gasteiger partial charge is 0.495 e. The fraction of sp³-hybridized carbons (Fsp3) is 0.136. The molecule has 3 rings (SSSR count). The number of hydrogen-bond acceptors (Lipinski definition) is 6. The van der Waals surface area contributed by atoms with Gasteiger partial charge in [0.2, 0.25) is 5.91 Å². The molecule has 2 N–H and O–H groups in total. The first-order valence-electron chi connectivity index (χ1n) is 9.47. The van der Waals surface area contributed by atoms with Crippen molar-refractivity contribution in [3.63, 3.8) is 0 Å². The van der Waals surface area contributed by atoms with Crippen LogP contribution < -0.4 is 20.9 Å². The molecule has 0 atom stereocenters. The third-order valence-corrected chi connectivity index (χ3v) is 4.52. The van der Waals surface area contributed by atoms with Crippen molar-refractivity contribution in [2.75, 3.05) is 17.7 Å². The van der Waals surface area contributed by atoms with Gasteiger partial charge in [0.25, 0.3) is 17.2 Å². The summed E-state index contributed by atoms with van der Waals surface area (Å²) in [4.78, 5) is 47.0. The molecule has 0 saturated heterocycles. The number of amides is 2. The van der Waals surface area contributed by atoms with Crippen LogP contribution >= 0.6 is 0 Å². The monoisotopic (exact) mass is 436 g/mol. The highest BCUT2D eigenvalue weighted by Gasteiger charge is 2.15. The fourth-order valence-corrected chi connectivity index (χ4v) is 2.94. The smallest absolute Gasteiger partial charge is 0.271 e. The number of carbonyl (C=O) groups is 2. The molecule has 10 nitrogen and oxygen atoms in total. The van der Waals surface area contributed by atoms with Gasteiger partial charge in [0.1, 0.15) is 12.3 Å². The summed E-state index contributed by atoms with van der Waals surface area (Å²) >= 11 is 0. The van der Waals surface area contributed by atoms with Crippen LogP contribution in [0, 0.1) is 17.0 Å². The van der Waals surface area contributed by atoms with Crippen molar-refractivity contribution in [1.82, 2.24) is 4.57 Å². The number of carbonyl (C=O) groups excluding carboxylic acids is 2. The minimum absolute atomic E-state index is 0.144. The summed E-state index contributed by atoms with van der Waals surface area (Å²) in [6.45, 7) is 1.68. The van der Waals surface area contributed by atoms with Gasteiger partial charge in [-0.1, -0.05) is 6.07 Å². The second-order valence-corrected chi connectivity index (χ2v) is 6.89. The van der Waals surface area contributed by atoms with Gasteiger partial charge in [-0.05, 0) is 42.8 Å². The van der Waals surface area contributed by atoms with E-state index in [0.717, 1.165) is 5.56 Å². The lowest BCUT2D eigenvalue weighted by Crippen LogP contribution is -2.26. The predicted molar refractivity (Wildman–Crippen MR) is 118 cm³/mol. The van der Waals surface area contributed by atoms with Crippen molar-refractivity contribution in [2.24, 2.45) is 0 Å². The average Bonchev–Trinajstić information content (AvgIpc) is 2.76. The standard InChI is InChI=1S/C22H20N4O6/c1-14-3-10-21(28)25(12-14)13-20(27)23-16-6-4-15(5-7-16)22(29)24-18-11-17(26(30)31)8-9-19(18)32-2/h3-12H,13H2,1-2H3,(H,23,27)(H,24,29). The average molecular weight is 436 g/mol. The highest BCUT2D eigenvalue weighted by atomic mass is 16.6. The number of nitrogens with zero attached hydrogens (tertiary/aromatic N) is 2. The summed E-state index contributed by atoms with van der Waals surface area (Å²) in [5, 5.41) is 16.2. The molecule has 1 heterocycles. The van der Waals surface area contributed by atoms with Gasteiger partial charge in [-0.2, -0.15) is 0 Å². The minimum atomic E-state index is -0.572. The zero-order valence-electron chi connectivity index (χ0n) is 17.3. The van der Waals surface area contributed by atoms with Crippen molar-refractivity contribution < 1.29 is 19.2 Å². The van der Waals surface area contributed by atoms with Gasteiger partial charge in [0, 0.05) is 35.6 Å². The number of nitro benzene ring substituents is 1. The Hall–Kier alpha value is -4.47.